The number of nitrogens with one attached hydrogen (secondary N) is 2. The normalized spacial score (nSPS) is 19.2. The summed E-state index contributed by atoms with van der Waals surface area (Å²) in [6.07, 6.45) is -0.565. The van der Waals surface area contributed by atoms with Crippen LogP contribution in [0, 0.1) is 11.6 Å². The fourth-order valence-electron chi connectivity index (χ4n) is 2.10. The van der Waals surface area contributed by atoms with Gasteiger partial charge < -0.3 is 20.5 Å². The molecule has 1 amide bonds. The molecule has 2 unspecified atom stereocenters. The van der Waals surface area contributed by atoms with E-state index in [-0.39, 0.29) is 30.9 Å². The first-order valence-electron chi connectivity index (χ1n) is 7.38. The van der Waals surface area contributed by atoms with Gasteiger partial charge in [-0.25, -0.2) is 8.78 Å². The lowest BCUT2D eigenvalue weighted by atomic mass is 10.2. The lowest BCUT2D eigenvalue weighted by molar-refractivity contribution is -0.122. The highest BCUT2D eigenvalue weighted by Gasteiger charge is 2.17. The Morgan fingerprint density at radius 1 is 1.48 bits per heavy atom. The zero-order chi connectivity index (χ0) is 16.7. The quantitative estimate of drug-likeness (QED) is 0.685. The Hall–Kier alpha value is -1.38. The summed E-state index contributed by atoms with van der Waals surface area (Å²) in [4.78, 5) is 11.8. The monoisotopic (exact) mass is 346 g/mol. The van der Waals surface area contributed by atoms with E-state index in [9.17, 15) is 18.7 Å². The summed E-state index contributed by atoms with van der Waals surface area (Å²) < 4.78 is 30.9. The van der Waals surface area contributed by atoms with E-state index < -0.39 is 17.7 Å². The summed E-state index contributed by atoms with van der Waals surface area (Å²) in [5.41, 5.74) is 0. The topological polar surface area (TPSA) is 70.6 Å². The Labute approximate surface area is 137 Å². The molecule has 2 rings (SSSR count). The van der Waals surface area contributed by atoms with Gasteiger partial charge in [0.1, 0.15) is 18.5 Å². The van der Waals surface area contributed by atoms with Gasteiger partial charge in [0.2, 0.25) is 5.91 Å². The van der Waals surface area contributed by atoms with Crippen molar-refractivity contribution in [3.05, 3.63) is 29.8 Å². The predicted molar refractivity (Wildman–Crippen MR) is 84.6 cm³/mol. The van der Waals surface area contributed by atoms with Crippen molar-refractivity contribution < 1.29 is 23.4 Å². The van der Waals surface area contributed by atoms with E-state index in [0.717, 1.165) is 30.2 Å². The summed E-state index contributed by atoms with van der Waals surface area (Å²) in [7, 11) is 0. The standard InChI is InChI=1S/C15H20F2N2O3S/c16-13-2-1-12(6-14(13)17)22-8-11(20)7-19-15(21)5-10-9-23-4-3-18-10/h1-2,6,10-11,18,20H,3-5,7-9H2,(H,19,21). The average molecular weight is 346 g/mol. The van der Waals surface area contributed by atoms with Gasteiger partial charge in [0.15, 0.2) is 11.6 Å². The van der Waals surface area contributed by atoms with Crippen LogP contribution < -0.4 is 15.4 Å². The summed E-state index contributed by atoms with van der Waals surface area (Å²) >= 11 is 1.81. The molecule has 23 heavy (non-hydrogen) atoms. The van der Waals surface area contributed by atoms with Gasteiger partial charge in [-0.05, 0) is 12.1 Å². The molecule has 3 N–H and O–H groups in total. The molecule has 0 aromatic heterocycles. The highest BCUT2D eigenvalue weighted by Crippen LogP contribution is 2.15. The van der Waals surface area contributed by atoms with Gasteiger partial charge in [0, 0.05) is 43.1 Å². The van der Waals surface area contributed by atoms with E-state index in [0.29, 0.717) is 6.42 Å². The molecule has 0 spiro atoms. The van der Waals surface area contributed by atoms with Crippen molar-refractivity contribution in [3.63, 3.8) is 0 Å². The Morgan fingerprint density at radius 3 is 3.00 bits per heavy atom. The largest absolute Gasteiger partial charge is 0.491 e. The Bertz CT molecular complexity index is 527. The van der Waals surface area contributed by atoms with Crippen LogP contribution in [0.1, 0.15) is 6.42 Å². The molecule has 1 heterocycles. The number of rotatable bonds is 7. The van der Waals surface area contributed by atoms with Gasteiger partial charge >= 0.3 is 0 Å². The third-order valence-corrected chi connectivity index (χ3v) is 4.43. The van der Waals surface area contributed by atoms with Crippen molar-refractivity contribution in [3.8, 4) is 5.75 Å². The molecule has 0 aliphatic carbocycles. The van der Waals surface area contributed by atoms with Gasteiger partial charge in [-0.15, -0.1) is 0 Å². The SMILES string of the molecule is O=C(CC1CSCCN1)NCC(O)COc1ccc(F)c(F)c1. The Balaban J connectivity index is 1.64. The van der Waals surface area contributed by atoms with E-state index in [2.05, 4.69) is 10.6 Å². The molecule has 0 bridgehead atoms. The Kier molecular flexibility index (Phi) is 7.07. The third-order valence-electron chi connectivity index (χ3n) is 3.30. The minimum absolute atomic E-state index is 0.0440. The van der Waals surface area contributed by atoms with Crippen molar-refractivity contribution in [2.24, 2.45) is 0 Å². The summed E-state index contributed by atoms with van der Waals surface area (Å²) in [5.74, 6) is -0.0368. The first-order chi connectivity index (χ1) is 11.0. The van der Waals surface area contributed by atoms with Crippen LogP contribution in [0.4, 0.5) is 8.78 Å². The lowest BCUT2D eigenvalue weighted by Crippen LogP contribution is -2.43. The maximum Gasteiger partial charge on any atom is 0.221 e. The Morgan fingerprint density at radius 2 is 2.30 bits per heavy atom. The number of ether oxygens (including phenoxy) is 1. The highest BCUT2D eigenvalue weighted by atomic mass is 32.2. The van der Waals surface area contributed by atoms with Gasteiger partial charge in [0.05, 0.1) is 0 Å². The van der Waals surface area contributed by atoms with Crippen molar-refractivity contribution in [2.75, 3.05) is 31.2 Å². The van der Waals surface area contributed by atoms with Crippen LogP contribution in [0.25, 0.3) is 0 Å². The van der Waals surface area contributed by atoms with Crippen LogP contribution in [-0.4, -0.2) is 54.4 Å². The molecular formula is C15H20F2N2O3S. The fraction of sp³-hybridized carbons (Fsp3) is 0.533. The predicted octanol–water partition coefficient (Wildman–Crippen LogP) is 0.916. The highest BCUT2D eigenvalue weighted by molar-refractivity contribution is 7.99. The summed E-state index contributed by atoms with van der Waals surface area (Å²) in [6, 6.07) is 3.29. The number of thioether (sulfide) groups is 1. The summed E-state index contributed by atoms with van der Waals surface area (Å²) in [6.45, 7) is 0.818. The van der Waals surface area contributed by atoms with Crippen LogP contribution in [0.3, 0.4) is 0 Å². The van der Waals surface area contributed by atoms with E-state index >= 15 is 0 Å². The minimum Gasteiger partial charge on any atom is -0.491 e. The number of hydrogen-bond donors (Lipinski definition) is 3. The number of hydrogen-bond acceptors (Lipinski definition) is 5. The third kappa shape index (κ3) is 6.32. The van der Waals surface area contributed by atoms with Crippen molar-refractivity contribution in [1.82, 2.24) is 10.6 Å². The molecule has 1 aliphatic rings. The smallest absolute Gasteiger partial charge is 0.221 e. The van der Waals surface area contributed by atoms with E-state index in [1.165, 1.54) is 6.07 Å². The molecule has 1 aromatic carbocycles. The van der Waals surface area contributed by atoms with E-state index in [1.807, 2.05) is 11.8 Å². The molecule has 128 valence electrons. The lowest BCUT2D eigenvalue weighted by Gasteiger charge is -2.22. The number of carbonyl (C=O) groups is 1. The van der Waals surface area contributed by atoms with Crippen molar-refractivity contribution in [2.45, 2.75) is 18.6 Å². The minimum atomic E-state index is -1.01. The molecule has 1 aliphatic heterocycles. The fourth-order valence-corrected chi connectivity index (χ4v) is 3.05. The molecule has 5 nitrogen and oxygen atoms in total. The first-order valence-corrected chi connectivity index (χ1v) is 8.54. The number of aliphatic hydroxyl groups is 1. The van der Waals surface area contributed by atoms with Gasteiger partial charge in [0.25, 0.3) is 0 Å². The van der Waals surface area contributed by atoms with Crippen LogP contribution in [0.15, 0.2) is 18.2 Å². The summed E-state index contributed by atoms with van der Waals surface area (Å²) in [5, 5.41) is 15.7. The average Bonchev–Trinajstić information content (AvgIpc) is 2.55. The molecule has 0 radical (unpaired) electrons. The molecule has 1 aromatic rings. The zero-order valence-electron chi connectivity index (χ0n) is 12.6. The number of amides is 1. The van der Waals surface area contributed by atoms with Crippen molar-refractivity contribution in [1.29, 1.82) is 0 Å². The number of halogens is 2. The maximum atomic E-state index is 13.0. The molecule has 8 heteroatoms. The second-order valence-electron chi connectivity index (χ2n) is 5.27. The van der Waals surface area contributed by atoms with Gasteiger partial charge in [-0.1, -0.05) is 0 Å². The van der Waals surface area contributed by atoms with Crippen LogP contribution >= 0.6 is 11.8 Å². The second-order valence-corrected chi connectivity index (χ2v) is 6.42. The van der Waals surface area contributed by atoms with Gasteiger partial charge in [-0.3, -0.25) is 4.79 Å². The molecule has 1 saturated heterocycles. The zero-order valence-corrected chi connectivity index (χ0v) is 13.4. The number of aliphatic hydroxyl groups excluding tert-OH is 1. The van der Waals surface area contributed by atoms with Crippen LogP contribution in [0.2, 0.25) is 0 Å². The van der Waals surface area contributed by atoms with Gasteiger partial charge in [-0.2, -0.15) is 11.8 Å². The number of carbonyl (C=O) groups excluding carboxylic acids is 1. The van der Waals surface area contributed by atoms with E-state index in [1.54, 1.807) is 0 Å². The number of benzene rings is 1. The molecule has 0 saturated carbocycles. The van der Waals surface area contributed by atoms with Crippen LogP contribution in [-0.2, 0) is 4.79 Å². The van der Waals surface area contributed by atoms with Crippen LogP contribution in [0.5, 0.6) is 5.75 Å². The van der Waals surface area contributed by atoms with Crippen molar-refractivity contribution >= 4 is 17.7 Å². The molecule has 1 fully saturated rings. The molecular weight excluding hydrogens is 326 g/mol. The second kappa shape index (κ2) is 9.05. The first kappa shape index (κ1) is 18.0. The molecule has 2 atom stereocenters. The maximum absolute atomic E-state index is 13.0. The van der Waals surface area contributed by atoms with E-state index in [4.69, 9.17) is 4.74 Å².